The molecule has 4 rings (SSSR count). The molecule has 1 aliphatic rings. The molecule has 1 aliphatic carbocycles. The number of carbonyl (C=O) groups is 1. The summed E-state index contributed by atoms with van der Waals surface area (Å²) in [6.45, 7) is 6.85. The largest absolute Gasteiger partial charge is 0.459 e. The Morgan fingerprint density at radius 1 is 1.14 bits per heavy atom. The molecule has 2 heterocycles. The number of thiophene rings is 1. The molecule has 2 atom stereocenters. The molecule has 0 spiro atoms. The molecule has 12 heteroatoms. The van der Waals surface area contributed by atoms with Crippen LogP contribution in [0.15, 0.2) is 57.3 Å². The molecule has 1 saturated carbocycles. The Morgan fingerprint density at radius 3 is 2.37 bits per heavy atom. The number of sulfonamides is 1. The van der Waals surface area contributed by atoms with E-state index in [9.17, 15) is 26.4 Å². The highest BCUT2D eigenvalue weighted by Gasteiger charge is 2.73. The predicted molar refractivity (Wildman–Crippen MR) is 122 cm³/mol. The highest BCUT2D eigenvalue weighted by molar-refractivity contribution is 7.91. The third-order valence-electron chi connectivity index (χ3n) is 5.79. The maximum atomic E-state index is 13.4. The molecule has 0 unspecified atom stereocenters. The molecule has 188 valence electrons. The van der Waals surface area contributed by atoms with Crippen molar-refractivity contribution in [2.75, 3.05) is 0 Å². The zero-order valence-electron chi connectivity index (χ0n) is 19.3. The number of esters is 1. The van der Waals surface area contributed by atoms with Gasteiger partial charge in [-0.25, -0.2) is 13.2 Å². The van der Waals surface area contributed by atoms with Gasteiger partial charge in [0.15, 0.2) is 0 Å². The predicted octanol–water partition coefficient (Wildman–Crippen LogP) is 5.14. The van der Waals surface area contributed by atoms with Crippen LogP contribution in [0.2, 0.25) is 0 Å². The SMILES string of the molecule is CC(C)(C)OC(=O)[C@]1(NS(=O)(=O)c2ccc(-c3cc(C(F)(F)F)on3)s2)C[C@]1(C)c1ccccc1. The zero-order valence-corrected chi connectivity index (χ0v) is 20.9. The lowest BCUT2D eigenvalue weighted by atomic mass is 9.93. The summed E-state index contributed by atoms with van der Waals surface area (Å²) in [6.07, 6.45) is -4.54. The smallest absolute Gasteiger partial charge is 0.452 e. The van der Waals surface area contributed by atoms with Crippen LogP contribution in [-0.4, -0.2) is 30.7 Å². The monoisotopic (exact) mass is 528 g/mol. The van der Waals surface area contributed by atoms with Gasteiger partial charge in [0.2, 0.25) is 5.76 Å². The van der Waals surface area contributed by atoms with Gasteiger partial charge < -0.3 is 9.26 Å². The number of aromatic nitrogens is 1. The van der Waals surface area contributed by atoms with Crippen LogP contribution in [-0.2, 0) is 31.1 Å². The van der Waals surface area contributed by atoms with E-state index in [-0.39, 0.29) is 21.2 Å². The number of alkyl halides is 3. The first-order chi connectivity index (χ1) is 16.1. The Balaban J connectivity index is 1.67. The summed E-state index contributed by atoms with van der Waals surface area (Å²) in [5.74, 6) is -1.99. The van der Waals surface area contributed by atoms with Gasteiger partial charge in [0.05, 0.1) is 4.88 Å². The second-order valence-corrected chi connectivity index (χ2v) is 12.6. The van der Waals surface area contributed by atoms with E-state index in [2.05, 4.69) is 14.4 Å². The van der Waals surface area contributed by atoms with Gasteiger partial charge in [-0.05, 0) is 44.9 Å². The van der Waals surface area contributed by atoms with Crippen LogP contribution in [0.5, 0.6) is 0 Å². The molecule has 35 heavy (non-hydrogen) atoms. The van der Waals surface area contributed by atoms with Crippen LogP contribution >= 0.6 is 11.3 Å². The highest BCUT2D eigenvalue weighted by atomic mass is 32.2. The quantitative estimate of drug-likeness (QED) is 0.445. The maximum Gasteiger partial charge on any atom is 0.452 e. The number of ether oxygens (including phenoxy) is 1. The fraction of sp³-hybridized carbons (Fsp3) is 0.391. The van der Waals surface area contributed by atoms with Crippen LogP contribution in [0.25, 0.3) is 10.6 Å². The van der Waals surface area contributed by atoms with Crippen LogP contribution in [0, 0.1) is 0 Å². The number of hydrogen-bond donors (Lipinski definition) is 1. The average molecular weight is 529 g/mol. The van der Waals surface area contributed by atoms with E-state index in [1.54, 1.807) is 39.8 Å². The lowest BCUT2D eigenvalue weighted by Crippen LogP contribution is -2.50. The minimum Gasteiger partial charge on any atom is -0.459 e. The van der Waals surface area contributed by atoms with E-state index < -0.39 is 44.5 Å². The van der Waals surface area contributed by atoms with Crippen molar-refractivity contribution in [2.45, 2.75) is 61.1 Å². The Kier molecular flexibility index (Phi) is 5.93. The summed E-state index contributed by atoms with van der Waals surface area (Å²) in [7, 11) is -4.26. The van der Waals surface area contributed by atoms with Crippen molar-refractivity contribution >= 4 is 27.3 Å². The molecule has 2 aromatic heterocycles. The van der Waals surface area contributed by atoms with Gasteiger partial charge in [-0.3, -0.25) is 0 Å². The summed E-state index contributed by atoms with van der Waals surface area (Å²) in [5, 5.41) is 3.39. The molecule has 1 N–H and O–H groups in total. The van der Waals surface area contributed by atoms with Gasteiger partial charge in [0.1, 0.15) is 21.0 Å². The Labute approximate surface area is 204 Å². The maximum absolute atomic E-state index is 13.4. The minimum absolute atomic E-state index is 0.147. The van der Waals surface area contributed by atoms with Crippen molar-refractivity contribution in [2.24, 2.45) is 0 Å². The summed E-state index contributed by atoms with van der Waals surface area (Å²) >= 11 is 0.714. The minimum atomic E-state index is -4.72. The lowest BCUT2D eigenvalue weighted by molar-refractivity contribution is -0.159. The second kappa shape index (κ2) is 8.17. The lowest BCUT2D eigenvalue weighted by Gasteiger charge is -2.27. The van der Waals surface area contributed by atoms with Gasteiger partial charge in [0.25, 0.3) is 10.0 Å². The van der Waals surface area contributed by atoms with Crippen molar-refractivity contribution in [1.82, 2.24) is 9.88 Å². The van der Waals surface area contributed by atoms with Gasteiger partial charge in [-0.2, -0.15) is 17.9 Å². The molecule has 0 amide bonds. The fourth-order valence-corrected chi connectivity index (χ4v) is 6.61. The molecular formula is C23H23F3N2O5S2. The molecule has 0 saturated heterocycles. The normalized spacial score (nSPS) is 22.7. The van der Waals surface area contributed by atoms with E-state index >= 15 is 0 Å². The van der Waals surface area contributed by atoms with Gasteiger partial charge >= 0.3 is 12.1 Å². The van der Waals surface area contributed by atoms with Crippen LogP contribution in [0.3, 0.4) is 0 Å². The highest BCUT2D eigenvalue weighted by Crippen LogP contribution is 2.59. The first-order valence-electron chi connectivity index (χ1n) is 10.5. The Hall–Kier alpha value is -2.70. The molecule has 0 bridgehead atoms. The number of hydrogen-bond acceptors (Lipinski definition) is 7. The van der Waals surface area contributed by atoms with Gasteiger partial charge in [0, 0.05) is 11.5 Å². The van der Waals surface area contributed by atoms with E-state index in [1.807, 2.05) is 18.2 Å². The van der Waals surface area contributed by atoms with Gasteiger partial charge in [-0.15, -0.1) is 11.3 Å². The van der Waals surface area contributed by atoms with Crippen LogP contribution in [0.1, 0.15) is 45.4 Å². The van der Waals surface area contributed by atoms with E-state index in [0.717, 1.165) is 5.56 Å². The number of nitrogens with one attached hydrogen (secondary N) is 1. The van der Waals surface area contributed by atoms with Crippen LogP contribution < -0.4 is 4.72 Å². The molecule has 0 radical (unpaired) electrons. The topological polar surface area (TPSA) is 98.5 Å². The third-order valence-corrected chi connectivity index (χ3v) is 8.88. The summed E-state index contributed by atoms with van der Waals surface area (Å²) in [5.41, 5.74) is -2.65. The van der Waals surface area contributed by atoms with Crippen molar-refractivity contribution < 1.29 is 35.6 Å². The zero-order chi connectivity index (χ0) is 25.9. The second-order valence-electron chi connectivity index (χ2n) is 9.58. The molecule has 1 fully saturated rings. The first kappa shape index (κ1) is 25.4. The number of carbonyl (C=O) groups excluding carboxylic acids is 1. The standard InChI is InChI=1S/C23H23F3N2O5S2/c1-20(2,3)32-19(29)22(13-21(22,4)14-8-6-5-7-9-14)28-35(30,31)18-11-10-16(34-18)15-12-17(33-27-15)23(24,25)26/h5-12,28H,13H2,1-4H3/t21-,22-/m1/s1. The van der Waals surface area contributed by atoms with Crippen molar-refractivity contribution in [3.8, 4) is 10.6 Å². The van der Waals surface area contributed by atoms with Gasteiger partial charge in [-0.1, -0.05) is 42.4 Å². The summed E-state index contributed by atoms with van der Waals surface area (Å²) in [4.78, 5) is 13.5. The molecule has 3 aromatic rings. The van der Waals surface area contributed by atoms with Crippen molar-refractivity contribution in [3.63, 3.8) is 0 Å². The molecular weight excluding hydrogens is 505 g/mol. The Morgan fingerprint density at radius 2 is 1.80 bits per heavy atom. The van der Waals surface area contributed by atoms with E-state index in [0.29, 0.717) is 17.4 Å². The first-order valence-corrected chi connectivity index (χ1v) is 12.8. The number of benzene rings is 1. The number of rotatable bonds is 6. The van der Waals surface area contributed by atoms with Crippen LogP contribution in [0.4, 0.5) is 13.2 Å². The van der Waals surface area contributed by atoms with Crippen molar-refractivity contribution in [3.05, 3.63) is 59.9 Å². The van der Waals surface area contributed by atoms with Crippen molar-refractivity contribution in [1.29, 1.82) is 0 Å². The third kappa shape index (κ3) is 4.74. The fourth-order valence-electron chi connectivity index (χ4n) is 3.90. The number of nitrogens with zero attached hydrogens (tertiary/aromatic N) is 1. The summed E-state index contributed by atoms with van der Waals surface area (Å²) < 4.78 is 77.5. The average Bonchev–Trinajstić information content (AvgIpc) is 3.17. The molecule has 1 aromatic carbocycles. The van der Waals surface area contributed by atoms with E-state index in [4.69, 9.17) is 4.74 Å². The molecule has 0 aliphatic heterocycles. The summed E-state index contributed by atoms with van der Waals surface area (Å²) in [6, 6.07) is 12.3. The Bertz CT molecular complexity index is 1360. The number of halogens is 3. The van der Waals surface area contributed by atoms with E-state index in [1.165, 1.54) is 12.1 Å². The molecule has 7 nitrogen and oxygen atoms in total.